The Kier molecular flexibility index (Phi) is 5.68. The Morgan fingerprint density at radius 2 is 1.62 bits per heavy atom. The first-order chi connectivity index (χ1) is 15.7. The van der Waals surface area contributed by atoms with Gasteiger partial charge >= 0.3 is 0 Å². The van der Waals surface area contributed by atoms with Crippen LogP contribution in [0, 0.1) is 0 Å². The Hall–Kier alpha value is -3.53. The number of aryl methyl sites for hydroxylation is 1. The number of ether oxygens (including phenoxy) is 1. The van der Waals surface area contributed by atoms with E-state index in [2.05, 4.69) is 54.2 Å². The van der Waals surface area contributed by atoms with Crippen molar-refractivity contribution in [1.29, 1.82) is 0 Å². The van der Waals surface area contributed by atoms with E-state index in [4.69, 9.17) is 4.74 Å². The Labute approximate surface area is 189 Å². The Morgan fingerprint density at radius 1 is 0.906 bits per heavy atom. The molecule has 1 saturated heterocycles. The molecule has 0 saturated carbocycles. The first-order valence-electron chi connectivity index (χ1n) is 11.3. The SMILES string of the molecule is Cn1cc(C(CC(=O)N2CCCC2)c2cccc(Oc3ccccc3)c2)c2ccccc21. The molecule has 1 aliphatic rings. The second-order valence-corrected chi connectivity index (χ2v) is 8.54. The van der Waals surface area contributed by atoms with Gasteiger partial charge in [0.05, 0.1) is 0 Å². The average Bonchev–Trinajstić information content (AvgIpc) is 3.47. The zero-order chi connectivity index (χ0) is 21.9. The number of carbonyl (C=O) groups is 1. The van der Waals surface area contributed by atoms with Crippen LogP contribution < -0.4 is 4.74 Å². The van der Waals surface area contributed by atoms with E-state index in [0.29, 0.717) is 6.42 Å². The lowest BCUT2D eigenvalue weighted by atomic mass is 9.87. The summed E-state index contributed by atoms with van der Waals surface area (Å²) in [5.74, 6) is 1.79. The quantitative estimate of drug-likeness (QED) is 0.374. The molecule has 3 aromatic carbocycles. The number of fused-ring (bicyclic) bond motifs is 1. The van der Waals surface area contributed by atoms with Crippen LogP contribution in [0.1, 0.15) is 36.3 Å². The smallest absolute Gasteiger partial charge is 0.223 e. The van der Waals surface area contributed by atoms with Crippen molar-refractivity contribution in [2.45, 2.75) is 25.2 Å². The third-order valence-electron chi connectivity index (χ3n) is 6.38. The molecular formula is C28H28N2O2. The summed E-state index contributed by atoms with van der Waals surface area (Å²) < 4.78 is 8.26. The molecule has 2 heterocycles. The lowest BCUT2D eigenvalue weighted by molar-refractivity contribution is -0.130. The van der Waals surface area contributed by atoms with Crippen molar-refractivity contribution in [1.82, 2.24) is 9.47 Å². The van der Waals surface area contributed by atoms with Crippen molar-refractivity contribution in [2.75, 3.05) is 13.1 Å². The zero-order valence-corrected chi connectivity index (χ0v) is 18.4. The maximum absolute atomic E-state index is 13.2. The van der Waals surface area contributed by atoms with Crippen LogP contribution in [0.25, 0.3) is 10.9 Å². The van der Waals surface area contributed by atoms with Gasteiger partial charge in [-0.15, -0.1) is 0 Å². The Bertz CT molecular complexity index is 1220. The van der Waals surface area contributed by atoms with Crippen molar-refractivity contribution in [3.05, 3.63) is 96.2 Å². The topological polar surface area (TPSA) is 34.5 Å². The first kappa shape index (κ1) is 20.4. The first-order valence-corrected chi connectivity index (χ1v) is 11.3. The second-order valence-electron chi connectivity index (χ2n) is 8.54. The minimum absolute atomic E-state index is 0.0338. The van der Waals surface area contributed by atoms with Crippen molar-refractivity contribution >= 4 is 16.8 Å². The van der Waals surface area contributed by atoms with E-state index in [1.54, 1.807) is 0 Å². The molecule has 1 atom stereocenters. The summed E-state index contributed by atoms with van der Waals surface area (Å²) in [5.41, 5.74) is 3.47. The molecule has 162 valence electrons. The van der Waals surface area contributed by atoms with Crippen LogP contribution in [0.15, 0.2) is 85.1 Å². The van der Waals surface area contributed by atoms with Gasteiger partial charge in [0.15, 0.2) is 0 Å². The van der Waals surface area contributed by atoms with Gasteiger partial charge in [-0.25, -0.2) is 0 Å². The number of amides is 1. The van der Waals surface area contributed by atoms with E-state index in [0.717, 1.165) is 43.0 Å². The molecule has 1 fully saturated rings. The minimum atomic E-state index is -0.0338. The number of carbonyl (C=O) groups excluding carboxylic acids is 1. The van der Waals surface area contributed by atoms with Crippen molar-refractivity contribution < 1.29 is 9.53 Å². The Morgan fingerprint density at radius 3 is 2.44 bits per heavy atom. The fourth-order valence-corrected chi connectivity index (χ4v) is 4.75. The standard InChI is InChI=1S/C28H28N2O2/c1-29-20-26(24-14-5-6-15-27(24)29)25(19-28(31)30-16-7-8-17-30)21-10-9-13-23(18-21)32-22-11-3-2-4-12-22/h2-6,9-15,18,20,25H,7-8,16-17,19H2,1H3. The molecule has 0 spiro atoms. The van der Waals surface area contributed by atoms with Crippen LogP contribution in [0.3, 0.4) is 0 Å². The number of nitrogens with zero attached hydrogens (tertiary/aromatic N) is 2. The van der Waals surface area contributed by atoms with Crippen LogP contribution >= 0.6 is 0 Å². The highest BCUT2D eigenvalue weighted by molar-refractivity contribution is 5.86. The summed E-state index contributed by atoms with van der Waals surface area (Å²) in [4.78, 5) is 15.2. The van der Waals surface area contributed by atoms with Gasteiger partial charge in [0.1, 0.15) is 11.5 Å². The lowest BCUT2D eigenvalue weighted by Gasteiger charge is -2.22. The van der Waals surface area contributed by atoms with Gasteiger partial charge in [-0.1, -0.05) is 48.5 Å². The molecule has 1 amide bonds. The number of hydrogen-bond donors (Lipinski definition) is 0. The van der Waals surface area contributed by atoms with Crippen molar-refractivity contribution in [3.63, 3.8) is 0 Å². The van der Waals surface area contributed by atoms with Gasteiger partial charge in [-0.3, -0.25) is 4.79 Å². The molecule has 0 radical (unpaired) electrons. The van der Waals surface area contributed by atoms with Gasteiger partial charge in [0.2, 0.25) is 5.91 Å². The second kappa shape index (κ2) is 8.91. The largest absolute Gasteiger partial charge is 0.457 e. The van der Waals surface area contributed by atoms with Crippen molar-refractivity contribution in [3.8, 4) is 11.5 Å². The van der Waals surface area contributed by atoms with Crippen LogP contribution in [0.2, 0.25) is 0 Å². The molecule has 0 bridgehead atoms. The fraction of sp³-hybridized carbons (Fsp3) is 0.250. The summed E-state index contributed by atoms with van der Waals surface area (Å²) in [6.45, 7) is 1.75. The number of aromatic nitrogens is 1. The van der Waals surface area contributed by atoms with Crippen molar-refractivity contribution in [2.24, 2.45) is 7.05 Å². The van der Waals surface area contributed by atoms with E-state index >= 15 is 0 Å². The third kappa shape index (κ3) is 4.13. The molecule has 1 aromatic heterocycles. The summed E-state index contributed by atoms with van der Waals surface area (Å²) in [6.07, 6.45) is 4.84. The van der Waals surface area contributed by atoms with Gasteiger partial charge in [0, 0.05) is 49.6 Å². The highest BCUT2D eigenvalue weighted by Gasteiger charge is 2.26. The third-order valence-corrected chi connectivity index (χ3v) is 6.38. The highest BCUT2D eigenvalue weighted by Crippen LogP contribution is 2.37. The summed E-state index contributed by atoms with van der Waals surface area (Å²) in [7, 11) is 2.07. The predicted molar refractivity (Wildman–Crippen MR) is 128 cm³/mol. The lowest BCUT2D eigenvalue weighted by Crippen LogP contribution is -2.29. The molecule has 0 N–H and O–H groups in total. The van der Waals surface area contributed by atoms with E-state index in [1.807, 2.05) is 47.4 Å². The van der Waals surface area contributed by atoms with E-state index in [1.165, 1.54) is 16.5 Å². The highest BCUT2D eigenvalue weighted by atomic mass is 16.5. The van der Waals surface area contributed by atoms with Gasteiger partial charge < -0.3 is 14.2 Å². The predicted octanol–water partition coefficient (Wildman–Crippen LogP) is 6.12. The number of likely N-dealkylation sites (tertiary alicyclic amines) is 1. The zero-order valence-electron chi connectivity index (χ0n) is 18.4. The maximum Gasteiger partial charge on any atom is 0.223 e. The average molecular weight is 425 g/mol. The number of hydrogen-bond acceptors (Lipinski definition) is 2. The maximum atomic E-state index is 13.2. The molecule has 32 heavy (non-hydrogen) atoms. The molecular weight excluding hydrogens is 396 g/mol. The number of rotatable bonds is 6. The van der Waals surface area contributed by atoms with Gasteiger partial charge in [0.25, 0.3) is 0 Å². The van der Waals surface area contributed by atoms with Gasteiger partial charge in [-0.2, -0.15) is 0 Å². The number of benzene rings is 3. The van der Waals surface area contributed by atoms with Crippen LogP contribution in [0.4, 0.5) is 0 Å². The van der Waals surface area contributed by atoms with E-state index in [9.17, 15) is 4.79 Å². The molecule has 4 heteroatoms. The summed E-state index contributed by atoms with van der Waals surface area (Å²) in [6, 6.07) is 26.4. The summed E-state index contributed by atoms with van der Waals surface area (Å²) >= 11 is 0. The van der Waals surface area contributed by atoms with Crippen LogP contribution in [-0.2, 0) is 11.8 Å². The normalized spacial score (nSPS) is 14.6. The summed E-state index contributed by atoms with van der Waals surface area (Å²) in [5, 5.41) is 1.20. The molecule has 0 aliphatic carbocycles. The number of para-hydroxylation sites is 2. The van der Waals surface area contributed by atoms with Gasteiger partial charge in [-0.05, 0) is 54.3 Å². The molecule has 5 rings (SSSR count). The van der Waals surface area contributed by atoms with E-state index < -0.39 is 0 Å². The van der Waals surface area contributed by atoms with E-state index in [-0.39, 0.29) is 11.8 Å². The Balaban J connectivity index is 1.53. The molecule has 1 unspecified atom stereocenters. The molecule has 4 aromatic rings. The van der Waals surface area contributed by atoms with Crippen LogP contribution in [-0.4, -0.2) is 28.5 Å². The van der Waals surface area contributed by atoms with Crippen LogP contribution in [0.5, 0.6) is 11.5 Å². The molecule has 1 aliphatic heterocycles. The fourth-order valence-electron chi connectivity index (χ4n) is 4.75. The molecule has 4 nitrogen and oxygen atoms in total. The monoisotopic (exact) mass is 424 g/mol. The minimum Gasteiger partial charge on any atom is -0.457 e.